The van der Waals surface area contributed by atoms with Gasteiger partial charge in [-0.1, -0.05) is 6.07 Å². The zero-order valence-electron chi connectivity index (χ0n) is 8.57. The molecule has 0 saturated heterocycles. The fraction of sp³-hybridized carbons (Fsp3) is 0.400. The van der Waals surface area contributed by atoms with E-state index in [1.807, 2.05) is 0 Å². The molecule has 2 N–H and O–H groups in total. The van der Waals surface area contributed by atoms with Gasteiger partial charge in [0.1, 0.15) is 0 Å². The molecule has 0 aromatic heterocycles. The number of nitrogens with zero attached hydrogens (tertiary/aromatic N) is 1. The van der Waals surface area contributed by atoms with Crippen molar-refractivity contribution in [1.29, 1.82) is 0 Å². The molecule has 0 unspecified atom stereocenters. The third-order valence-corrected chi connectivity index (χ3v) is 2.79. The Labute approximate surface area is 94.4 Å². The predicted octanol–water partition coefficient (Wildman–Crippen LogP) is 2.43. The molecule has 1 aliphatic rings. The van der Waals surface area contributed by atoms with E-state index in [-0.39, 0.29) is 17.5 Å². The van der Waals surface area contributed by atoms with Crippen LogP contribution in [-0.2, 0) is 6.18 Å². The minimum absolute atomic E-state index is 0.189. The molecule has 1 aromatic rings. The van der Waals surface area contributed by atoms with Gasteiger partial charge >= 0.3 is 6.18 Å². The summed E-state index contributed by atoms with van der Waals surface area (Å²) in [6.07, 6.45) is -4.00. The number of benzene rings is 1. The lowest BCUT2D eigenvalue weighted by Crippen LogP contribution is -2.08. The van der Waals surface area contributed by atoms with Gasteiger partial charge in [0.05, 0.1) is 10.5 Å². The van der Waals surface area contributed by atoms with Gasteiger partial charge in [-0.2, -0.15) is 13.2 Å². The maximum Gasteiger partial charge on any atom is 0.416 e. The molecule has 0 heterocycles. The zero-order chi connectivity index (χ0) is 12.8. The molecule has 2 rings (SSSR count). The van der Waals surface area contributed by atoms with Crippen molar-refractivity contribution in [3.8, 4) is 0 Å². The molecule has 1 fully saturated rings. The van der Waals surface area contributed by atoms with Crippen molar-refractivity contribution in [2.45, 2.75) is 24.6 Å². The summed E-state index contributed by atoms with van der Waals surface area (Å²) < 4.78 is 37.2. The highest BCUT2D eigenvalue weighted by Gasteiger charge is 2.41. The number of nitro benzene ring substituents is 1. The fourth-order valence-corrected chi connectivity index (χ4v) is 1.76. The average Bonchev–Trinajstić information content (AvgIpc) is 2.93. The molecular formula is C10H9F3N2O2. The topological polar surface area (TPSA) is 69.2 Å². The molecule has 2 atom stereocenters. The van der Waals surface area contributed by atoms with Crippen molar-refractivity contribution in [3.05, 3.63) is 39.4 Å². The average molecular weight is 246 g/mol. The molecule has 17 heavy (non-hydrogen) atoms. The number of nitro groups is 1. The Morgan fingerprint density at radius 1 is 1.41 bits per heavy atom. The Morgan fingerprint density at radius 3 is 2.41 bits per heavy atom. The van der Waals surface area contributed by atoms with E-state index < -0.39 is 22.4 Å². The van der Waals surface area contributed by atoms with E-state index in [4.69, 9.17) is 5.73 Å². The monoisotopic (exact) mass is 246 g/mol. The highest BCUT2D eigenvalue weighted by molar-refractivity contribution is 5.49. The van der Waals surface area contributed by atoms with Crippen molar-refractivity contribution in [2.75, 3.05) is 0 Å². The predicted molar refractivity (Wildman–Crippen MR) is 53.4 cm³/mol. The SMILES string of the molecule is N[C@@H]1C[C@H]1c1ccc(C(F)(F)F)cc1[N+](=O)[O-]. The first-order valence-corrected chi connectivity index (χ1v) is 4.92. The molecule has 0 bridgehead atoms. The molecule has 1 saturated carbocycles. The van der Waals surface area contributed by atoms with Gasteiger partial charge in [0.2, 0.25) is 0 Å². The molecule has 0 spiro atoms. The maximum absolute atomic E-state index is 12.4. The van der Waals surface area contributed by atoms with Crippen LogP contribution >= 0.6 is 0 Å². The van der Waals surface area contributed by atoms with E-state index in [9.17, 15) is 23.3 Å². The molecule has 0 radical (unpaired) electrons. The van der Waals surface area contributed by atoms with E-state index in [1.54, 1.807) is 0 Å². The first-order valence-electron chi connectivity index (χ1n) is 4.92. The zero-order valence-corrected chi connectivity index (χ0v) is 8.57. The summed E-state index contributed by atoms with van der Waals surface area (Å²) in [4.78, 5) is 9.94. The van der Waals surface area contributed by atoms with Gasteiger partial charge in [-0.25, -0.2) is 0 Å². The second-order valence-electron chi connectivity index (χ2n) is 4.03. The number of hydrogen-bond donors (Lipinski definition) is 1. The minimum Gasteiger partial charge on any atom is -0.327 e. The van der Waals surface area contributed by atoms with Gasteiger partial charge in [-0.15, -0.1) is 0 Å². The van der Waals surface area contributed by atoms with Crippen LogP contribution in [0.25, 0.3) is 0 Å². The van der Waals surface area contributed by atoms with Crippen molar-refractivity contribution in [2.24, 2.45) is 5.73 Å². The Balaban J connectivity index is 2.45. The molecule has 92 valence electrons. The quantitative estimate of drug-likeness (QED) is 0.643. The molecule has 0 aliphatic heterocycles. The van der Waals surface area contributed by atoms with Gasteiger partial charge in [0.15, 0.2) is 0 Å². The Kier molecular flexibility index (Phi) is 2.57. The van der Waals surface area contributed by atoms with Crippen LogP contribution in [0.15, 0.2) is 18.2 Å². The molecule has 0 amide bonds. The van der Waals surface area contributed by atoms with E-state index in [2.05, 4.69) is 0 Å². The van der Waals surface area contributed by atoms with E-state index in [1.165, 1.54) is 0 Å². The van der Waals surface area contributed by atoms with Crippen LogP contribution < -0.4 is 5.73 Å². The lowest BCUT2D eigenvalue weighted by atomic mass is 10.0. The van der Waals surface area contributed by atoms with Crippen LogP contribution in [0.5, 0.6) is 0 Å². The highest BCUT2D eigenvalue weighted by atomic mass is 19.4. The first kappa shape index (κ1) is 11.8. The van der Waals surface area contributed by atoms with Crippen LogP contribution in [0, 0.1) is 10.1 Å². The molecule has 4 nitrogen and oxygen atoms in total. The molecule has 1 aromatic carbocycles. The van der Waals surface area contributed by atoms with Crippen LogP contribution in [0.1, 0.15) is 23.5 Å². The van der Waals surface area contributed by atoms with Crippen LogP contribution in [-0.4, -0.2) is 11.0 Å². The van der Waals surface area contributed by atoms with E-state index >= 15 is 0 Å². The summed E-state index contributed by atoms with van der Waals surface area (Å²) in [5.74, 6) is -0.197. The third kappa shape index (κ3) is 2.23. The summed E-state index contributed by atoms with van der Waals surface area (Å²) in [6, 6.07) is 2.39. The first-order chi connectivity index (χ1) is 7.80. The number of nitrogens with two attached hydrogens (primary N) is 1. The molecular weight excluding hydrogens is 237 g/mol. The van der Waals surface area contributed by atoms with Crippen LogP contribution in [0.4, 0.5) is 18.9 Å². The minimum atomic E-state index is -4.57. The standard InChI is InChI=1S/C10H9F3N2O2/c11-10(12,13)5-1-2-6(7-4-8(7)14)9(3-5)15(16)17/h1-3,7-8H,4,14H2/t7-,8+/m0/s1. The van der Waals surface area contributed by atoms with Crippen molar-refractivity contribution in [3.63, 3.8) is 0 Å². The van der Waals surface area contributed by atoms with Crippen LogP contribution in [0.3, 0.4) is 0 Å². The summed E-state index contributed by atoms with van der Waals surface area (Å²) >= 11 is 0. The number of rotatable bonds is 2. The third-order valence-electron chi connectivity index (χ3n) is 2.79. The van der Waals surface area contributed by atoms with Gasteiger partial charge in [-0.05, 0) is 12.5 Å². The maximum atomic E-state index is 12.4. The number of alkyl halides is 3. The van der Waals surface area contributed by atoms with Crippen LogP contribution in [0.2, 0.25) is 0 Å². The van der Waals surface area contributed by atoms with Crippen molar-refractivity contribution >= 4 is 5.69 Å². The smallest absolute Gasteiger partial charge is 0.327 e. The summed E-state index contributed by atoms with van der Waals surface area (Å²) in [5, 5.41) is 10.7. The summed E-state index contributed by atoms with van der Waals surface area (Å²) in [5.41, 5.74) is 4.32. The summed E-state index contributed by atoms with van der Waals surface area (Å²) in [6.45, 7) is 0. The number of halogens is 3. The van der Waals surface area contributed by atoms with Gasteiger partial charge in [0.25, 0.3) is 5.69 Å². The number of hydrogen-bond acceptors (Lipinski definition) is 3. The van der Waals surface area contributed by atoms with Crippen molar-refractivity contribution in [1.82, 2.24) is 0 Å². The summed E-state index contributed by atoms with van der Waals surface area (Å²) in [7, 11) is 0. The Morgan fingerprint density at radius 2 is 2.00 bits per heavy atom. The second kappa shape index (κ2) is 3.69. The molecule has 1 aliphatic carbocycles. The highest BCUT2D eigenvalue weighted by Crippen LogP contribution is 2.44. The Bertz CT molecular complexity index is 473. The lowest BCUT2D eigenvalue weighted by molar-refractivity contribution is -0.385. The lowest BCUT2D eigenvalue weighted by Gasteiger charge is -2.08. The van der Waals surface area contributed by atoms with E-state index in [0.717, 1.165) is 12.1 Å². The van der Waals surface area contributed by atoms with Gasteiger partial charge in [0, 0.05) is 23.6 Å². The normalized spacial score (nSPS) is 23.5. The van der Waals surface area contributed by atoms with E-state index in [0.29, 0.717) is 12.5 Å². The van der Waals surface area contributed by atoms with Gasteiger partial charge < -0.3 is 5.73 Å². The van der Waals surface area contributed by atoms with Crippen molar-refractivity contribution < 1.29 is 18.1 Å². The Hall–Kier alpha value is -1.63. The second-order valence-corrected chi connectivity index (χ2v) is 4.03. The van der Waals surface area contributed by atoms with Gasteiger partial charge in [-0.3, -0.25) is 10.1 Å². The molecule has 7 heteroatoms. The largest absolute Gasteiger partial charge is 0.416 e. The fourth-order valence-electron chi connectivity index (χ4n) is 1.76.